The standard InChI is InChI=1S/C30H37BrFN3O3/c1-3-15-35(23-7-5-4-6-8-23)29(33-2)26-11-10-25(19-28(26)32)38-20-22-18-21(9-12-27(22)31)30(37)34-16-13-24(36)14-17-34/h3,9-12,18-19,23-24,36H,1,4-8,13-17,20H2,2H3. The molecule has 1 amide bonds. The minimum atomic E-state index is -0.386. The average molecular weight is 587 g/mol. The molecule has 8 heteroatoms. The highest BCUT2D eigenvalue weighted by atomic mass is 79.9. The molecule has 0 bridgehead atoms. The highest BCUT2D eigenvalue weighted by molar-refractivity contribution is 9.10. The van der Waals surface area contributed by atoms with E-state index in [0.717, 1.165) is 22.9 Å². The minimum absolute atomic E-state index is 0.0607. The van der Waals surface area contributed by atoms with E-state index in [-0.39, 0.29) is 24.4 Å². The lowest BCUT2D eigenvalue weighted by molar-refractivity contribution is 0.0546. The van der Waals surface area contributed by atoms with Crippen molar-refractivity contribution in [2.45, 2.75) is 63.7 Å². The number of piperidine rings is 1. The molecule has 2 aromatic carbocycles. The number of halogens is 2. The molecule has 0 spiro atoms. The molecule has 2 fully saturated rings. The fourth-order valence-electron chi connectivity index (χ4n) is 5.34. The quantitative estimate of drug-likeness (QED) is 0.236. The molecule has 1 heterocycles. The number of rotatable bonds is 8. The molecule has 0 radical (unpaired) electrons. The van der Waals surface area contributed by atoms with Gasteiger partial charge in [0.1, 0.15) is 24.0 Å². The van der Waals surface area contributed by atoms with Gasteiger partial charge in [-0.15, -0.1) is 6.58 Å². The first-order valence-electron chi connectivity index (χ1n) is 13.4. The second kappa shape index (κ2) is 13.4. The van der Waals surface area contributed by atoms with Crippen molar-refractivity contribution in [1.29, 1.82) is 0 Å². The van der Waals surface area contributed by atoms with Crippen molar-refractivity contribution in [1.82, 2.24) is 9.80 Å². The third kappa shape index (κ3) is 6.83. The lowest BCUT2D eigenvalue weighted by atomic mass is 9.93. The Morgan fingerprint density at radius 1 is 1.18 bits per heavy atom. The molecule has 4 rings (SSSR count). The Labute approximate surface area is 233 Å². The number of amidine groups is 1. The summed E-state index contributed by atoms with van der Waals surface area (Å²) in [6.45, 7) is 5.79. The number of aliphatic hydroxyl groups is 1. The molecule has 2 aromatic rings. The number of carbonyl (C=O) groups is 1. The third-order valence-corrected chi connectivity index (χ3v) is 8.22. The van der Waals surface area contributed by atoms with Crippen molar-refractivity contribution < 1.29 is 19.0 Å². The molecule has 1 saturated heterocycles. The van der Waals surface area contributed by atoms with Crippen LogP contribution in [-0.4, -0.2) is 65.5 Å². The van der Waals surface area contributed by atoms with Crippen LogP contribution in [0, 0.1) is 5.82 Å². The number of likely N-dealkylation sites (tertiary alicyclic amines) is 1. The lowest BCUT2D eigenvalue weighted by Gasteiger charge is -2.36. The number of hydrogen-bond acceptors (Lipinski definition) is 4. The normalized spacial score (nSPS) is 17.4. The summed E-state index contributed by atoms with van der Waals surface area (Å²) in [5.41, 5.74) is 1.81. The minimum Gasteiger partial charge on any atom is -0.489 e. The summed E-state index contributed by atoms with van der Waals surface area (Å²) in [6, 6.07) is 10.6. The average Bonchev–Trinajstić information content (AvgIpc) is 2.94. The highest BCUT2D eigenvalue weighted by Gasteiger charge is 2.26. The van der Waals surface area contributed by atoms with Gasteiger partial charge in [-0.25, -0.2) is 4.39 Å². The maximum atomic E-state index is 15.4. The Kier molecular flexibility index (Phi) is 9.97. The number of carbonyl (C=O) groups excluding carboxylic acids is 1. The van der Waals surface area contributed by atoms with Crippen LogP contribution < -0.4 is 4.74 Å². The molecule has 38 heavy (non-hydrogen) atoms. The van der Waals surface area contributed by atoms with Gasteiger partial charge >= 0.3 is 0 Å². The van der Waals surface area contributed by atoms with E-state index in [4.69, 9.17) is 4.74 Å². The summed E-state index contributed by atoms with van der Waals surface area (Å²) in [6.07, 6.45) is 8.44. The summed E-state index contributed by atoms with van der Waals surface area (Å²) in [4.78, 5) is 21.4. The van der Waals surface area contributed by atoms with Gasteiger partial charge in [0.25, 0.3) is 5.91 Å². The summed E-state index contributed by atoms with van der Waals surface area (Å²) >= 11 is 3.54. The number of aliphatic hydroxyl groups excluding tert-OH is 1. The van der Waals surface area contributed by atoms with E-state index in [0.29, 0.717) is 61.2 Å². The maximum absolute atomic E-state index is 15.4. The predicted octanol–water partition coefficient (Wildman–Crippen LogP) is 5.96. The van der Waals surface area contributed by atoms with Gasteiger partial charge in [0.2, 0.25) is 0 Å². The SMILES string of the molecule is C=CCN(C(=NC)c1ccc(OCc2cc(C(=O)N3CCC(O)CC3)ccc2Br)cc1F)C1CCCCC1. The summed E-state index contributed by atoms with van der Waals surface area (Å²) in [5, 5.41) is 9.73. The number of hydrogen-bond donors (Lipinski definition) is 1. The van der Waals surface area contributed by atoms with Gasteiger partial charge in [-0.3, -0.25) is 9.79 Å². The first kappa shape index (κ1) is 28.3. The third-order valence-electron chi connectivity index (χ3n) is 7.45. The lowest BCUT2D eigenvalue weighted by Crippen LogP contribution is -2.42. The Bertz CT molecular complexity index is 1160. The summed E-state index contributed by atoms with van der Waals surface area (Å²) in [5.74, 6) is 0.598. The smallest absolute Gasteiger partial charge is 0.253 e. The van der Waals surface area contributed by atoms with Crippen LogP contribution >= 0.6 is 15.9 Å². The molecular formula is C30H37BrFN3O3. The number of amides is 1. The second-order valence-corrected chi connectivity index (χ2v) is 10.9. The maximum Gasteiger partial charge on any atom is 0.253 e. The molecule has 1 aliphatic carbocycles. The fraction of sp³-hybridized carbons (Fsp3) is 0.467. The van der Waals surface area contributed by atoms with Crippen LogP contribution in [0.5, 0.6) is 5.75 Å². The van der Waals surface area contributed by atoms with Crippen molar-refractivity contribution in [3.8, 4) is 5.75 Å². The zero-order valence-electron chi connectivity index (χ0n) is 22.0. The Morgan fingerprint density at radius 2 is 1.92 bits per heavy atom. The highest BCUT2D eigenvalue weighted by Crippen LogP contribution is 2.27. The molecule has 204 valence electrons. The van der Waals surface area contributed by atoms with Crippen molar-refractivity contribution in [2.24, 2.45) is 4.99 Å². The van der Waals surface area contributed by atoms with E-state index >= 15 is 4.39 Å². The zero-order valence-corrected chi connectivity index (χ0v) is 23.6. The first-order valence-corrected chi connectivity index (χ1v) is 14.2. The van der Waals surface area contributed by atoms with Gasteiger partial charge in [-0.1, -0.05) is 41.3 Å². The molecule has 1 N–H and O–H groups in total. The molecule has 0 aromatic heterocycles. The van der Waals surface area contributed by atoms with E-state index in [1.165, 1.54) is 25.3 Å². The van der Waals surface area contributed by atoms with Gasteiger partial charge in [0, 0.05) is 54.4 Å². The predicted molar refractivity (Wildman–Crippen MR) is 152 cm³/mol. The Hall–Kier alpha value is -2.71. The van der Waals surface area contributed by atoms with Crippen molar-refractivity contribution >= 4 is 27.7 Å². The molecule has 1 saturated carbocycles. The topological polar surface area (TPSA) is 65.4 Å². The monoisotopic (exact) mass is 585 g/mol. The Morgan fingerprint density at radius 3 is 2.58 bits per heavy atom. The largest absolute Gasteiger partial charge is 0.489 e. The second-order valence-electron chi connectivity index (χ2n) is 10.0. The molecular weight excluding hydrogens is 549 g/mol. The van der Waals surface area contributed by atoms with E-state index in [2.05, 4.69) is 32.4 Å². The van der Waals surface area contributed by atoms with Crippen LogP contribution in [0.15, 0.2) is 58.5 Å². The van der Waals surface area contributed by atoms with Crippen LogP contribution in [-0.2, 0) is 6.61 Å². The van der Waals surface area contributed by atoms with Gasteiger partial charge in [0.15, 0.2) is 0 Å². The molecule has 1 aliphatic heterocycles. The first-order chi connectivity index (χ1) is 18.4. The van der Waals surface area contributed by atoms with Crippen LogP contribution in [0.3, 0.4) is 0 Å². The van der Waals surface area contributed by atoms with Crippen molar-refractivity contribution in [2.75, 3.05) is 26.7 Å². The molecule has 0 atom stereocenters. The van der Waals surface area contributed by atoms with Gasteiger partial charge in [0.05, 0.1) is 11.7 Å². The number of benzene rings is 2. The van der Waals surface area contributed by atoms with Crippen LogP contribution in [0.25, 0.3) is 0 Å². The number of ether oxygens (including phenoxy) is 1. The van der Waals surface area contributed by atoms with Gasteiger partial charge in [-0.05, 0) is 56.0 Å². The van der Waals surface area contributed by atoms with Crippen LogP contribution in [0.4, 0.5) is 4.39 Å². The van der Waals surface area contributed by atoms with E-state index in [1.54, 1.807) is 36.2 Å². The molecule has 2 aliphatic rings. The molecule has 6 nitrogen and oxygen atoms in total. The van der Waals surface area contributed by atoms with E-state index in [1.807, 2.05) is 12.1 Å². The van der Waals surface area contributed by atoms with E-state index in [9.17, 15) is 9.90 Å². The molecule has 0 unspecified atom stereocenters. The van der Waals surface area contributed by atoms with Gasteiger partial charge in [-0.2, -0.15) is 0 Å². The fourth-order valence-corrected chi connectivity index (χ4v) is 5.70. The summed E-state index contributed by atoms with van der Waals surface area (Å²) < 4.78 is 22.1. The van der Waals surface area contributed by atoms with Crippen molar-refractivity contribution in [3.63, 3.8) is 0 Å². The zero-order chi connectivity index (χ0) is 27.1. The van der Waals surface area contributed by atoms with Crippen LogP contribution in [0.1, 0.15) is 66.4 Å². The van der Waals surface area contributed by atoms with Gasteiger partial charge < -0.3 is 19.6 Å². The van der Waals surface area contributed by atoms with Crippen molar-refractivity contribution in [3.05, 3.63) is 76.0 Å². The number of nitrogens with zero attached hydrogens (tertiary/aromatic N) is 3. The van der Waals surface area contributed by atoms with Crippen LogP contribution in [0.2, 0.25) is 0 Å². The summed E-state index contributed by atoms with van der Waals surface area (Å²) in [7, 11) is 1.70. The van der Waals surface area contributed by atoms with E-state index < -0.39 is 0 Å². The number of aliphatic imine (C=N–C) groups is 1. The Balaban J connectivity index is 1.46.